The quantitative estimate of drug-likeness (QED) is 0.749. The van der Waals surface area contributed by atoms with Crippen molar-refractivity contribution in [3.05, 3.63) is 25.8 Å². The fourth-order valence-corrected chi connectivity index (χ4v) is 3.28. The minimum Gasteiger partial charge on any atom is -0.491 e. The fraction of sp³-hybridized carbons (Fsp3) is 0.462. The average Bonchev–Trinajstić information content (AvgIpc) is 2.31. The molecule has 0 heterocycles. The molecule has 0 saturated heterocycles. The molecule has 2 rings (SSSR count). The van der Waals surface area contributed by atoms with Gasteiger partial charge in [0.15, 0.2) is 11.5 Å². The number of carbonyl (C=O) groups is 1. The normalized spacial score (nSPS) is 14.6. The summed E-state index contributed by atoms with van der Waals surface area (Å²) in [6.07, 6.45) is 3.34. The Morgan fingerprint density at radius 2 is 2.24 bits per heavy atom. The van der Waals surface area contributed by atoms with Crippen molar-refractivity contribution in [2.75, 3.05) is 6.61 Å². The van der Waals surface area contributed by atoms with E-state index < -0.39 is 0 Å². The maximum Gasteiger partial charge on any atom is 0.163 e. The highest BCUT2D eigenvalue weighted by Crippen LogP contribution is 2.38. The number of hydrogen-bond acceptors (Lipinski definition) is 2. The lowest BCUT2D eigenvalue weighted by Gasteiger charge is -2.19. The lowest BCUT2D eigenvalue weighted by Crippen LogP contribution is -2.13. The van der Waals surface area contributed by atoms with Crippen molar-refractivity contribution < 1.29 is 9.53 Å². The molecule has 2 nitrogen and oxygen atoms in total. The summed E-state index contributed by atoms with van der Waals surface area (Å²) in [5.41, 5.74) is 1.75. The van der Waals surface area contributed by atoms with Gasteiger partial charge in [-0.1, -0.05) is 18.5 Å². The van der Waals surface area contributed by atoms with Crippen molar-refractivity contribution in [2.24, 2.45) is 0 Å². The second kappa shape index (κ2) is 5.57. The van der Waals surface area contributed by atoms with E-state index in [0.717, 1.165) is 39.7 Å². The lowest BCUT2D eigenvalue weighted by molar-refractivity contribution is 0.0972. The molecule has 0 saturated carbocycles. The van der Waals surface area contributed by atoms with Crippen LogP contribution in [-0.4, -0.2) is 12.4 Å². The second-order valence-electron chi connectivity index (χ2n) is 4.15. The Bertz CT molecular complexity index is 457. The molecule has 1 aromatic carbocycles. The number of benzene rings is 1. The van der Waals surface area contributed by atoms with Gasteiger partial charge in [-0.15, -0.1) is 0 Å². The Morgan fingerprint density at radius 1 is 1.47 bits per heavy atom. The van der Waals surface area contributed by atoms with Crippen LogP contribution in [0.5, 0.6) is 5.75 Å². The number of ketones is 1. The van der Waals surface area contributed by atoms with Crippen molar-refractivity contribution >= 4 is 40.0 Å². The molecular formula is C13H14ClIO2. The molecule has 0 N–H and O–H groups in total. The van der Waals surface area contributed by atoms with Crippen LogP contribution in [0.1, 0.15) is 42.1 Å². The highest BCUT2D eigenvalue weighted by Gasteiger charge is 2.23. The van der Waals surface area contributed by atoms with Gasteiger partial charge in [0, 0.05) is 12.0 Å². The van der Waals surface area contributed by atoms with Crippen LogP contribution >= 0.6 is 34.2 Å². The van der Waals surface area contributed by atoms with E-state index in [2.05, 4.69) is 29.5 Å². The zero-order valence-electron chi connectivity index (χ0n) is 9.69. The first-order valence-electron chi connectivity index (χ1n) is 5.82. The molecule has 4 heteroatoms. The molecule has 0 atom stereocenters. The Morgan fingerprint density at radius 3 is 2.94 bits per heavy atom. The van der Waals surface area contributed by atoms with Gasteiger partial charge in [-0.05, 0) is 53.5 Å². The molecule has 0 bridgehead atoms. The highest BCUT2D eigenvalue weighted by molar-refractivity contribution is 14.1. The molecule has 0 aromatic heterocycles. The summed E-state index contributed by atoms with van der Waals surface area (Å²) >= 11 is 8.53. The number of hydrogen-bond donors (Lipinski definition) is 0. The summed E-state index contributed by atoms with van der Waals surface area (Å²) in [5.74, 6) is 0.940. The summed E-state index contributed by atoms with van der Waals surface area (Å²) in [6.45, 7) is 2.71. The van der Waals surface area contributed by atoms with Crippen molar-refractivity contribution in [3.63, 3.8) is 0 Å². The Kier molecular flexibility index (Phi) is 4.31. The molecule has 0 aliphatic heterocycles. The number of fused-ring (bicyclic) bond motifs is 1. The minimum atomic E-state index is 0.202. The number of rotatable bonds is 3. The Balaban J connectivity index is 2.46. The Hall–Kier alpha value is -0.290. The molecule has 0 spiro atoms. The van der Waals surface area contributed by atoms with Gasteiger partial charge in [0.25, 0.3) is 0 Å². The van der Waals surface area contributed by atoms with Crippen LogP contribution < -0.4 is 4.74 Å². The molecule has 0 amide bonds. The van der Waals surface area contributed by atoms with Gasteiger partial charge in [-0.25, -0.2) is 0 Å². The van der Waals surface area contributed by atoms with Crippen LogP contribution in [0, 0.1) is 3.57 Å². The van der Waals surface area contributed by atoms with Crippen LogP contribution in [0.15, 0.2) is 6.07 Å². The van der Waals surface area contributed by atoms with Crippen LogP contribution in [0.4, 0.5) is 0 Å². The molecule has 0 radical (unpaired) electrons. The molecule has 17 heavy (non-hydrogen) atoms. The lowest BCUT2D eigenvalue weighted by atomic mass is 9.90. The first kappa shape index (κ1) is 13.1. The van der Waals surface area contributed by atoms with Crippen molar-refractivity contribution in [2.45, 2.75) is 32.6 Å². The van der Waals surface area contributed by atoms with E-state index in [1.54, 1.807) is 0 Å². The zero-order valence-corrected chi connectivity index (χ0v) is 12.6. The molecule has 1 aliphatic carbocycles. The molecular weight excluding hydrogens is 350 g/mol. The van der Waals surface area contributed by atoms with Crippen LogP contribution in [0.3, 0.4) is 0 Å². The van der Waals surface area contributed by atoms with E-state index in [1.165, 1.54) is 0 Å². The van der Waals surface area contributed by atoms with Gasteiger partial charge in [0.2, 0.25) is 0 Å². The minimum absolute atomic E-state index is 0.202. The molecule has 0 fully saturated rings. The average molecular weight is 365 g/mol. The fourth-order valence-electron chi connectivity index (χ4n) is 2.03. The van der Waals surface area contributed by atoms with E-state index >= 15 is 0 Å². The van der Waals surface area contributed by atoms with Crippen molar-refractivity contribution in [1.29, 1.82) is 0 Å². The number of Topliss-reactive ketones (excluding diaryl/α,β-unsaturated/α-hetero) is 1. The van der Waals surface area contributed by atoms with E-state index in [1.807, 2.05) is 6.07 Å². The number of ether oxygens (including phenoxy) is 1. The van der Waals surface area contributed by atoms with Crippen LogP contribution in [-0.2, 0) is 6.42 Å². The summed E-state index contributed by atoms with van der Waals surface area (Å²) in [7, 11) is 0. The standard InChI is InChI=1S/C13H14ClIO2/c1-2-6-17-13-10(15)7-9-8(12(13)14)4-3-5-11(9)16/h7H,2-6H2,1H3. The van der Waals surface area contributed by atoms with Gasteiger partial charge in [-0.3, -0.25) is 4.79 Å². The van der Waals surface area contributed by atoms with Crippen molar-refractivity contribution in [1.82, 2.24) is 0 Å². The van der Waals surface area contributed by atoms with Crippen molar-refractivity contribution in [3.8, 4) is 5.75 Å². The predicted molar refractivity (Wildman–Crippen MR) is 77.2 cm³/mol. The molecule has 0 unspecified atom stereocenters. The van der Waals surface area contributed by atoms with E-state index in [-0.39, 0.29) is 5.78 Å². The van der Waals surface area contributed by atoms with E-state index in [9.17, 15) is 4.79 Å². The summed E-state index contributed by atoms with van der Waals surface area (Å²) in [6, 6.07) is 1.91. The summed E-state index contributed by atoms with van der Waals surface area (Å²) < 4.78 is 6.59. The molecule has 1 aliphatic rings. The third kappa shape index (κ3) is 2.60. The Labute approximate surface area is 120 Å². The van der Waals surface area contributed by atoms with E-state index in [0.29, 0.717) is 18.1 Å². The molecule has 92 valence electrons. The first-order valence-corrected chi connectivity index (χ1v) is 7.27. The first-order chi connectivity index (χ1) is 8.15. The monoisotopic (exact) mass is 364 g/mol. The maximum absolute atomic E-state index is 11.8. The predicted octanol–water partition coefficient (Wildman–Crippen LogP) is 4.25. The molecule has 1 aromatic rings. The zero-order chi connectivity index (χ0) is 12.4. The second-order valence-corrected chi connectivity index (χ2v) is 5.69. The SMILES string of the molecule is CCCOc1c(I)cc2c(c1Cl)CCCC2=O. The van der Waals surface area contributed by atoms with Gasteiger partial charge in [0.1, 0.15) is 0 Å². The third-order valence-corrected chi connectivity index (χ3v) is 4.06. The topological polar surface area (TPSA) is 26.3 Å². The number of carbonyl (C=O) groups excluding carboxylic acids is 1. The van der Waals surface area contributed by atoms with E-state index in [4.69, 9.17) is 16.3 Å². The highest BCUT2D eigenvalue weighted by atomic mass is 127. The smallest absolute Gasteiger partial charge is 0.163 e. The van der Waals surface area contributed by atoms with Crippen LogP contribution in [0.25, 0.3) is 0 Å². The summed E-state index contributed by atoms with van der Waals surface area (Å²) in [4.78, 5) is 11.8. The summed E-state index contributed by atoms with van der Waals surface area (Å²) in [5, 5.41) is 0.633. The van der Waals surface area contributed by atoms with Gasteiger partial charge in [0.05, 0.1) is 15.2 Å². The maximum atomic E-state index is 11.8. The van der Waals surface area contributed by atoms with Gasteiger partial charge < -0.3 is 4.74 Å². The largest absolute Gasteiger partial charge is 0.491 e. The van der Waals surface area contributed by atoms with Gasteiger partial charge >= 0.3 is 0 Å². The number of halogens is 2. The third-order valence-electron chi connectivity index (χ3n) is 2.86. The van der Waals surface area contributed by atoms with Gasteiger partial charge in [-0.2, -0.15) is 0 Å². The van der Waals surface area contributed by atoms with Crippen LogP contribution in [0.2, 0.25) is 5.02 Å².